The maximum absolute atomic E-state index is 12.4. The van der Waals surface area contributed by atoms with Crippen molar-refractivity contribution in [3.8, 4) is 0 Å². The summed E-state index contributed by atoms with van der Waals surface area (Å²) in [6, 6.07) is 7.19. The van der Waals surface area contributed by atoms with E-state index in [0.29, 0.717) is 18.5 Å². The number of hydrogen-bond donors (Lipinski definition) is 2. The van der Waals surface area contributed by atoms with E-state index in [2.05, 4.69) is 20.7 Å². The van der Waals surface area contributed by atoms with Gasteiger partial charge < -0.3 is 9.88 Å². The molecule has 124 valence electrons. The number of rotatable bonds is 6. The van der Waals surface area contributed by atoms with Gasteiger partial charge in [0.05, 0.1) is 11.9 Å². The molecule has 0 aliphatic carbocycles. The number of carbonyl (C=O) groups is 2. The number of nitrogens with one attached hydrogen (secondary N) is 2. The normalized spacial score (nSPS) is 12.2. The highest BCUT2D eigenvalue weighted by Crippen LogP contribution is 2.25. The zero-order valence-electron chi connectivity index (χ0n) is 13.6. The van der Waals surface area contributed by atoms with Crippen molar-refractivity contribution in [2.75, 3.05) is 6.54 Å². The molecular weight excluding hydrogens is 306 g/mol. The minimum absolute atomic E-state index is 0.0106. The van der Waals surface area contributed by atoms with E-state index in [1.54, 1.807) is 12.4 Å². The second kappa shape index (κ2) is 6.66. The van der Waals surface area contributed by atoms with Crippen molar-refractivity contribution in [2.45, 2.75) is 26.3 Å². The Hall–Kier alpha value is -2.96. The smallest absolute Gasteiger partial charge is 0.242 e. The van der Waals surface area contributed by atoms with Gasteiger partial charge in [-0.15, -0.1) is 0 Å². The maximum Gasteiger partial charge on any atom is 0.242 e. The second-order valence-electron chi connectivity index (χ2n) is 5.70. The fourth-order valence-electron chi connectivity index (χ4n) is 2.74. The van der Waals surface area contributed by atoms with Gasteiger partial charge in [0.1, 0.15) is 6.04 Å². The topological polar surface area (TPSA) is 92.7 Å². The van der Waals surface area contributed by atoms with Crippen molar-refractivity contribution < 1.29 is 9.59 Å². The lowest BCUT2D eigenvalue weighted by Crippen LogP contribution is -2.32. The van der Waals surface area contributed by atoms with Crippen LogP contribution >= 0.6 is 0 Å². The van der Waals surface area contributed by atoms with Gasteiger partial charge in [-0.1, -0.05) is 18.2 Å². The summed E-state index contributed by atoms with van der Waals surface area (Å²) in [5, 5.41) is 14.0. The summed E-state index contributed by atoms with van der Waals surface area (Å²) in [5.74, 6) is -0.113. The van der Waals surface area contributed by atoms with Crippen molar-refractivity contribution in [3.05, 3.63) is 47.9 Å². The van der Waals surface area contributed by atoms with Gasteiger partial charge in [-0.05, 0) is 19.9 Å². The van der Waals surface area contributed by atoms with Gasteiger partial charge in [-0.3, -0.25) is 9.59 Å². The van der Waals surface area contributed by atoms with Gasteiger partial charge in [0.25, 0.3) is 0 Å². The number of aromatic nitrogens is 4. The quantitative estimate of drug-likeness (QED) is 0.677. The Morgan fingerprint density at radius 3 is 2.83 bits per heavy atom. The molecule has 0 saturated carbocycles. The fourth-order valence-corrected chi connectivity index (χ4v) is 2.74. The zero-order chi connectivity index (χ0) is 17.1. The number of carbonyl (C=O) groups excluding carboxylic acids is 2. The minimum atomic E-state index is -0.416. The molecule has 2 N–H and O–H groups in total. The molecule has 1 atom stereocenters. The van der Waals surface area contributed by atoms with Crippen LogP contribution in [0.15, 0.2) is 36.7 Å². The van der Waals surface area contributed by atoms with Crippen LogP contribution in [0.2, 0.25) is 0 Å². The largest absolute Gasteiger partial charge is 0.354 e. The Morgan fingerprint density at radius 1 is 1.33 bits per heavy atom. The third-order valence-electron chi connectivity index (χ3n) is 4.06. The number of H-pyrrole nitrogens is 1. The number of ketones is 1. The molecule has 0 unspecified atom stereocenters. The van der Waals surface area contributed by atoms with Crippen LogP contribution in [0.5, 0.6) is 0 Å². The molecule has 7 nitrogen and oxygen atoms in total. The fraction of sp³-hybridized carbons (Fsp3) is 0.294. The van der Waals surface area contributed by atoms with Crippen LogP contribution in [0.3, 0.4) is 0 Å². The Labute approximate surface area is 139 Å². The number of nitrogens with zero attached hydrogens (tertiary/aromatic N) is 3. The molecular formula is C17H19N5O2. The summed E-state index contributed by atoms with van der Waals surface area (Å²) in [7, 11) is 0. The van der Waals surface area contributed by atoms with Crippen LogP contribution in [0.1, 0.15) is 35.9 Å². The van der Waals surface area contributed by atoms with Crippen molar-refractivity contribution >= 4 is 22.6 Å². The van der Waals surface area contributed by atoms with E-state index < -0.39 is 6.04 Å². The van der Waals surface area contributed by atoms with Gasteiger partial charge in [-0.2, -0.15) is 15.4 Å². The molecule has 3 rings (SSSR count). The lowest BCUT2D eigenvalue weighted by Gasteiger charge is -2.15. The Kier molecular flexibility index (Phi) is 4.41. The van der Waals surface area contributed by atoms with Gasteiger partial charge in [0.2, 0.25) is 5.91 Å². The zero-order valence-corrected chi connectivity index (χ0v) is 13.6. The summed E-state index contributed by atoms with van der Waals surface area (Å²) in [5.41, 5.74) is 2.31. The summed E-state index contributed by atoms with van der Waals surface area (Å²) >= 11 is 0. The van der Waals surface area contributed by atoms with Crippen LogP contribution in [0.4, 0.5) is 0 Å². The van der Waals surface area contributed by atoms with Crippen LogP contribution in [0, 0.1) is 0 Å². The third-order valence-corrected chi connectivity index (χ3v) is 4.06. The number of hydrogen-bond acceptors (Lipinski definition) is 4. The molecule has 0 bridgehead atoms. The van der Waals surface area contributed by atoms with Crippen LogP contribution in [-0.2, 0) is 11.2 Å². The molecule has 0 saturated heterocycles. The number of benzene rings is 1. The van der Waals surface area contributed by atoms with Gasteiger partial charge in [-0.25, -0.2) is 0 Å². The molecule has 0 fully saturated rings. The first-order valence-electron chi connectivity index (χ1n) is 7.81. The average Bonchev–Trinajstić information content (AvgIpc) is 3.21. The highest BCUT2D eigenvalue weighted by Gasteiger charge is 2.19. The molecule has 2 heterocycles. The number of Topliss-reactive ketones (excluding diaryl/α,β-unsaturated/α-hetero) is 1. The van der Waals surface area contributed by atoms with E-state index in [4.69, 9.17) is 0 Å². The van der Waals surface area contributed by atoms with Gasteiger partial charge in [0, 0.05) is 35.6 Å². The number of aromatic amines is 1. The summed E-state index contributed by atoms with van der Waals surface area (Å²) in [4.78, 5) is 24.3. The average molecular weight is 325 g/mol. The standard InChI is InChI=1S/C17H19N5O2/c1-11(17(24)18-8-7-13-9-19-21-20-13)22-10-15(12(2)23)14-5-3-4-6-16(14)22/h3-6,9-11H,7-8H2,1-2H3,(H,18,24)(H,19,20,21)/t11-/m0/s1. The number of fused-ring (bicyclic) bond motifs is 1. The molecule has 0 aliphatic rings. The monoisotopic (exact) mass is 325 g/mol. The molecule has 7 heteroatoms. The Balaban J connectivity index is 1.76. The Bertz CT molecular complexity index is 866. The lowest BCUT2D eigenvalue weighted by molar-refractivity contribution is -0.123. The Morgan fingerprint density at radius 2 is 2.12 bits per heavy atom. The predicted molar refractivity (Wildman–Crippen MR) is 89.7 cm³/mol. The van der Waals surface area contributed by atoms with E-state index >= 15 is 0 Å². The van der Waals surface area contributed by atoms with Crippen molar-refractivity contribution in [2.24, 2.45) is 0 Å². The summed E-state index contributed by atoms with van der Waals surface area (Å²) in [6.45, 7) is 3.84. The lowest BCUT2D eigenvalue weighted by atomic mass is 10.1. The van der Waals surface area contributed by atoms with Gasteiger partial charge in [0.15, 0.2) is 5.78 Å². The minimum Gasteiger partial charge on any atom is -0.354 e. The predicted octanol–water partition coefficient (Wildman–Crippen LogP) is 1.88. The third kappa shape index (κ3) is 3.05. The van der Waals surface area contributed by atoms with Gasteiger partial charge >= 0.3 is 0 Å². The van der Waals surface area contributed by atoms with E-state index in [1.165, 1.54) is 6.92 Å². The number of para-hydroxylation sites is 1. The van der Waals surface area contributed by atoms with E-state index in [9.17, 15) is 9.59 Å². The van der Waals surface area contributed by atoms with Crippen LogP contribution < -0.4 is 5.32 Å². The molecule has 1 aromatic carbocycles. The highest BCUT2D eigenvalue weighted by atomic mass is 16.2. The molecule has 0 spiro atoms. The van der Waals surface area contributed by atoms with Crippen molar-refractivity contribution in [1.82, 2.24) is 25.3 Å². The summed E-state index contributed by atoms with van der Waals surface area (Å²) < 4.78 is 1.84. The molecule has 1 amide bonds. The summed E-state index contributed by atoms with van der Waals surface area (Å²) in [6.07, 6.45) is 4.00. The molecule has 0 aliphatic heterocycles. The molecule has 3 aromatic rings. The SMILES string of the molecule is CC(=O)c1cn([C@@H](C)C(=O)NCCc2cn[nH]n2)c2ccccc12. The first-order chi connectivity index (χ1) is 11.6. The van der Waals surface area contributed by atoms with E-state index in [0.717, 1.165) is 16.6 Å². The van der Waals surface area contributed by atoms with Crippen LogP contribution in [-0.4, -0.2) is 38.2 Å². The molecule has 24 heavy (non-hydrogen) atoms. The van der Waals surface area contributed by atoms with E-state index in [1.807, 2.05) is 35.8 Å². The van der Waals surface area contributed by atoms with Crippen LogP contribution in [0.25, 0.3) is 10.9 Å². The van der Waals surface area contributed by atoms with Crippen molar-refractivity contribution in [1.29, 1.82) is 0 Å². The maximum atomic E-state index is 12.4. The second-order valence-corrected chi connectivity index (χ2v) is 5.70. The highest BCUT2D eigenvalue weighted by molar-refractivity contribution is 6.07. The molecule has 0 radical (unpaired) electrons. The first kappa shape index (κ1) is 15.9. The van der Waals surface area contributed by atoms with Crippen molar-refractivity contribution in [3.63, 3.8) is 0 Å². The molecule has 2 aromatic heterocycles. The number of amides is 1. The van der Waals surface area contributed by atoms with E-state index in [-0.39, 0.29) is 11.7 Å². The first-order valence-corrected chi connectivity index (χ1v) is 7.81.